The summed E-state index contributed by atoms with van der Waals surface area (Å²) in [5, 5.41) is 6.69. The van der Waals surface area contributed by atoms with Crippen LogP contribution in [0.1, 0.15) is 37.8 Å². The Bertz CT molecular complexity index is 708. The van der Waals surface area contributed by atoms with Crippen LogP contribution in [-0.4, -0.2) is 82.7 Å². The van der Waals surface area contributed by atoms with Crippen molar-refractivity contribution < 1.29 is 14.3 Å². The number of nitrogens with one attached hydrogen (secondary N) is 2. The second kappa shape index (κ2) is 12.3. The van der Waals surface area contributed by atoms with E-state index in [9.17, 15) is 4.79 Å². The lowest BCUT2D eigenvalue weighted by Gasteiger charge is -2.24. The van der Waals surface area contributed by atoms with Gasteiger partial charge < -0.3 is 29.9 Å². The average molecular weight is 420 g/mol. The van der Waals surface area contributed by atoms with Gasteiger partial charge in [0.25, 0.3) is 0 Å². The monoisotopic (exact) mass is 419 g/mol. The Hall–Kier alpha value is -2.48. The first-order chi connectivity index (χ1) is 14.5. The molecule has 8 nitrogen and oxygen atoms in total. The smallest absolute Gasteiger partial charge is 0.222 e. The summed E-state index contributed by atoms with van der Waals surface area (Å²) in [5.41, 5.74) is 1.12. The van der Waals surface area contributed by atoms with Crippen molar-refractivity contribution in [3.63, 3.8) is 0 Å². The maximum absolute atomic E-state index is 11.7. The van der Waals surface area contributed by atoms with Gasteiger partial charge >= 0.3 is 0 Å². The summed E-state index contributed by atoms with van der Waals surface area (Å²) in [6, 6.07) is 6.08. The van der Waals surface area contributed by atoms with Gasteiger partial charge in [-0.3, -0.25) is 9.79 Å². The van der Waals surface area contributed by atoms with Crippen LogP contribution in [0.3, 0.4) is 0 Å². The maximum atomic E-state index is 11.7. The van der Waals surface area contributed by atoms with Crippen LogP contribution in [0, 0.1) is 0 Å². The van der Waals surface area contributed by atoms with E-state index in [1.165, 1.54) is 0 Å². The van der Waals surface area contributed by atoms with Crippen LogP contribution < -0.4 is 20.1 Å². The molecule has 0 spiro atoms. The summed E-state index contributed by atoms with van der Waals surface area (Å²) in [6.45, 7) is 5.92. The highest BCUT2D eigenvalue weighted by atomic mass is 16.5. The van der Waals surface area contributed by atoms with Crippen LogP contribution in [0.2, 0.25) is 0 Å². The van der Waals surface area contributed by atoms with Crippen molar-refractivity contribution in [1.29, 1.82) is 0 Å². The van der Waals surface area contributed by atoms with Gasteiger partial charge in [-0.25, -0.2) is 0 Å². The molecule has 1 saturated heterocycles. The lowest BCUT2D eigenvalue weighted by atomic mass is 10.1. The number of carbonyl (C=O) groups excluding carboxylic acids is 1. The van der Waals surface area contributed by atoms with Crippen LogP contribution in [0.25, 0.3) is 0 Å². The van der Waals surface area contributed by atoms with Gasteiger partial charge in [0, 0.05) is 32.6 Å². The van der Waals surface area contributed by atoms with Crippen LogP contribution in [0.4, 0.5) is 0 Å². The van der Waals surface area contributed by atoms with Gasteiger partial charge in [-0.1, -0.05) is 6.07 Å². The highest BCUT2D eigenvalue weighted by molar-refractivity contribution is 5.80. The minimum Gasteiger partial charge on any atom is -0.493 e. The Labute approximate surface area is 180 Å². The summed E-state index contributed by atoms with van der Waals surface area (Å²) >= 11 is 0. The molecule has 1 heterocycles. The van der Waals surface area contributed by atoms with Crippen LogP contribution in [0.15, 0.2) is 23.2 Å². The minimum atomic E-state index is 0.0995. The van der Waals surface area contributed by atoms with E-state index < -0.39 is 0 Å². The molecule has 2 rings (SSSR count). The van der Waals surface area contributed by atoms with E-state index in [-0.39, 0.29) is 11.9 Å². The van der Waals surface area contributed by atoms with Crippen LogP contribution in [-0.2, 0) is 4.79 Å². The van der Waals surface area contributed by atoms with Crippen molar-refractivity contribution in [3.8, 4) is 11.5 Å². The van der Waals surface area contributed by atoms with E-state index in [4.69, 9.17) is 14.5 Å². The number of rotatable bonds is 11. The van der Waals surface area contributed by atoms with Gasteiger partial charge in [0.15, 0.2) is 17.5 Å². The third-order valence-electron chi connectivity index (χ3n) is 5.25. The molecule has 1 aliphatic rings. The Balaban J connectivity index is 1.97. The molecular weight excluding hydrogens is 382 g/mol. The van der Waals surface area contributed by atoms with Gasteiger partial charge in [0.2, 0.25) is 5.91 Å². The molecule has 0 aromatic heterocycles. The third kappa shape index (κ3) is 6.79. The lowest BCUT2D eigenvalue weighted by molar-refractivity contribution is -0.127. The second-order valence-electron chi connectivity index (χ2n) is 7.58. The standard InChI is InChI=1S/C22H37N5O3/c1-6-23-22(24-12-8-14-27-13-7-9-21(27)28)25-16-18(26(2)3)17-10-11-19(29-4)20(15-17)30-5/h10-11,15,18H,6-9,12-14,16H2,1-5H3,(H2,23,24,25). The summed E-state index contributed by atoms with van der Waals surface area (Å²) in [5.74, 6) is 2.50. The number of methoxy groups -OCH3 is 2. The number of aliphatic imine (C=N–C) groups is 1. The topological polar surface area (TPSA) is 78.4 Å². The molecule has 0 radical (unpaired) electrons. The van der Waals surface area contributed by atoms with Gasteiger partial charge in [-0.15, -0.1) is 0 Å². The van der Waals surface area contributed by atoms with Gasteiger partial charge in [-0.05, 0) is 51.6 Å². The molecule has 1 aliphatic heterocycles. The first-order valence-electron chi connectivity index (χ1n) is 10.7. The molecule has 1 aromatic rings. The molecular formula is C22H37N5O3. The fourth-order valence-electron chi connectivity index (χ4n) is 3.56. The maximum Gasteiger partial charge on any atom is 0.222 e. The van der Waals surface area contributed by atoms with Gasteiger partial charge in [0.1, 0.15) is 0 Å². The first-order valence-corrected chi connectivity index (χ1v) is 10.7. The number of hydrogen-bond acceptors (Lipinski definition) is 5. The minimum absolute atomic E-state index is 0.0995. The quantitative estimate of drug-likeness (QED) is 0.324. The Morgan fingerprint density at radius 1 is 1.23 bits per heavy atom. The predicted molar refractivity (Wildman–Crippen MR) is 120 cm³/mol. The molecule has 1 atom stereocenters. The zero-order valence-corrected chi connectivity index (χ0v) is 19.0. The number of carbonyl (C=O) groups is 1. The zero-order chi connectivity index (χ0) is 21.9. The van der Waals surface area contributed by atoms with Crippen LogP contribution in [0.5, 0.6) is 11.5 Å². The number of likely N-dealkylation sites (tertiary alicyclic amines) is 1. The molecule has 8 heteroatoms. The largest absolute Gasteiger partial charge is 0.493 e. The molecule has 2 N–H and O–H groups in total. The number of guanidine groups is 1. The van der Waals surface area contributed by atoms with Crippen molar-refractivity contribution in [2.75, 3.05) is 61.0 Å². The second-order valence-corrected chi connectivity index (χ2v) is 7.58. The molecule has 1 unspecified atom stereocenters. The molecule has 30 heavy (non-hydrogen) atoms. The van der Waals surface area contributed by atoms with Crippen molar-refractivity contribution in [1.82, 2.24) is 20.4 Å². The number of amides is 1. The summed E-state index contributed by atoms with van der Waals surface area (Å²) in [6.07, 6.45) is 2.58. The van der Waals surface area contributed by atoms with E-state index in [1.54, 1.807) is 14.2 Å². The normalized spacial score (nSPS) is 15.5. The number of likely N-dealkylation sites (N-methyl/N-ethyl adjacent to an activating group) is 1. The molecule has 1 fully saturated rings. The number of hydrogen-bond donors (Lipinski definition) is 2. The average Bonchev–Trinajstić information content (AvgIpc) is 3.15. The van der Waals surface area contributed by atoms with E-state index in [0.29, 0.717) is 24.5 Å². The fraction of sp³-hybridized carbons (Fsp3) is 0.636. The number of benzene rings is 1. The summed E-state index contributed by atoms with van der Waals surface area (Å²) < 4.78 is 10.8. The van der Waals surface area contributed by atoms with Crippen molar-refractivity contribution in [3.05, 3.63) is 23.8 Å². The van der Waals surface area contributed by atoms with Crippen molar-refractivity contribution in [2.45, 2.75) is 32.2 Å². The summed E-state index contributed by atoms with van der Waals surface area (Å²) in [4.78, 5) is 20.6. The molecule has 1 amide bonds. The Morgan fingerprint density at radius 3 is 2.60 bits per heavy atom. The number of ether oxygens (including phenoxy) is 2. The SMILES string of the molecule is CCNC(=NCC(c1ccc(OC)c(OC)c1)N(C)C)NCCCN1CCCC1=O. The predicted octanol–water partition coefficient (Wildman–Crippen LogP) is 1.87. The highest BCUT2D eigenvalue weighted by Crippen LogP contribution is 2.31. The van der Waals surface area contributed by atoms with Crippen LogP contribution >= 0.6 is 0 Å². The Kier molecular flexibility index (Phi) is 9.73. The fourth-order valence-corrected chi connectivity index (χ4v) is 3.56. The van der Waals surface area contributed by atoms with Crippen molar-refractivity contribution in [2.24, 2.45) is 4.99 Å². The lowest BCUT2D eigenvalue weighted by Crippen LogP contribution is -2.39. The van der Waals surface area contributed by atoms with Crippen molar-refractivity contribution >= 4 is 11.9 Å². The molecule has 168 valence electrons. The molecule has 0 bridgehead atoms. The first kappa shape index (κ1) is 23.8. The molecule has 1 aromatic carbocycles. The number of nitrogens with zero attached hydrogens (tertiary/aromatic N) is 3. The van der Waals surface area contributed by atoms with Gasteiger partial charge in [-0.2, -0.15) is 0 Å². The molecule has 0 aliphatic carbocycles. The van der Waals surface area contributed by atoms with E-state index >= 15 is 0 Å². The Morgan fingerprint density at radius 2 is 2.00 bits per heavy atom. The van der Waals surface area contributed by atoms with Gasteiger partial charge in [0.05, 0.1) is 26.8 Å². The summed E-state index contributed by atoms with van der Waals surface area (Å²) in [7, 11) is 7.38. The molecule has 0 saturated carbocycles. The van der Waals surface area contributed by atoms with E-state index in [0.717, 1.165) is 50.5 Å². The van der Waals surface area contributed by atoms with E-state index in [1.807, 2.05) is 31.1 Å². The highest BCUT2D eigenvalue weighted by Gasteiger charge is 2.19. The zero-order valence-electron chi connectivity index (χ0n) is 19.0. The van der Waals surface area contributed by atoms with E-state index in [2.05, 4.69) is 28.5 Å². The third-order valence-corrected chi connectivity index (χ3v) is 5.25.